The quantitative estimate of drug-likeness (QED) is 0.185. The van der Waals surface area contributed by atoms with Crippen molar-refractivity contribution in [3.8, 4) is 17.3 Å². The van der Waals surface area contributed by atoms with Crippen molar-refractivity contribution in [2.24, 2.45) is 11.1 Å². The molecule has 0 aliphatic carbocycles. The summed E-state index contributed by atoms with van der Waals surface area (Å²) in [5, 5.41) is 41.5. The van der Waals surface area contributed by atoms with Crippen LogP contribution < -0.4 is 20.1 Å². The lowest BCUT2D eigenvalue weighted by Gasteiger charge is -2.39. The van der Waals surface area contributed by atoms with Gasteiger partial charge in [-0.1, -0.05) is 6.92 Å². The van der Waals surface area contributed by atoms with Crippen molar-refractivity contribution in [1.29, 1.82) is 0 Å². The minimum absolute atomic E-state index is 0.0171. The number of hydrogen-bond acceptors (Lipinski definition) is 12. The molecule has 7 rings (SSSR count). The van der Waals surface area contributed by atoms with Gasteiger partial charge in [0.05, 0.1) is 36.4 Å². The number of nitrogens with zero attached hydrogens (tertiary/aromatic N) is 4. The molecule has 5 unspecified atom stereocenters. The Balaban J connectivity index is 1.25. The number of aliphatic carboxylic acids is 1. The summed E-state index contributed by atoms with van der Waals surface area (Å²) in [7, 11) is 0. The first-order valence-electron chi connectivity index (χ1n) is 15.3. The smallest absolute Gasteiger partial charge is 0.335 e. The Morgan fingerprint density at radius 2 is 1.83 bits per heavy atom. The number of anilines is 1. The van der Waals surface area contributed by atoms with Crippen LogP contribution in [0.3, 0.4) is 0 Å². The van der Waals surface area contributed by atoms with Crippen molar-refractivity contribution < 1.29 is 44.2 Å². The molecule has 0 spiro atoms. The van der Waals surface area contributed by atoms with E-state index in [9.17, 15) is 25.2 Å². The molecule has 2 aromatic carbocycles. The second-order valence-corrected chi connectivity index (χ2v) is 12.7. The fourth-order valence-electron chi connectivity index (χ4n) is 6.13. The van der Waals surface area contributed by atoms with Crippen molar-refractivity contribution in [3.05, 3.63) is 48.8 Å². The Hall–Kier alpha value is -4.05. The van der Waals surface area contributed by atoms with E-state index < -0.39 is 36.7 Å². The zero-order valence-electron chi connectivity index (χ0n) is 25.2. The second kappa shape index (κ2) is 12.0. The molecule has 5 atom stereocenters. The Morgan fingerprint density at radius 3 is 2.54 bits per heavy atom. The number of carbonyl (C=O) groups is 1. The zero-order valence-corrected chi connectivity index (χ0v) is 25.2. The average molecular weight is 636 g/mol. The number of carboxylic acids is 1. The van der Waals surface area contributed by atoms with Crippen LogP contribution in [0, 0.1) is 5.41 Å². The first kappa shape index (κ1) is 30.6. The number of hydrogen-bond donors (Lipinski definition) is 5. The van der Waals surface area contributed by atoms with Gasteiger partial charge < -0.3 is 50.0 Å². The fraction of sp³-hybridized carbons (Fsp3) is 0.469. The Bertz CT molecular complexity index is 1750. The normalized spacial score (nSPS) is 26.6. The predicted octanol–water partition coefficient (Wildman–Crippen LogP) is 1.19. The molecular weight excluding hydrogens is 598 g/mol. The van der Waals surface area contributed by atoms with Crippen molar-refractivity contribution in [2.75, 3.05) is 37.8 Å². The minimum Gasteiger partial charge on any atom is -0.493 e. The molecule has 0 radical (unpaired) electrons. The summed E-state index contributed by atoms with van der Waals surface area (Å²) in [6, 6.07) is 13.1. The summed E-state index contributed by atoms with van der Waals surface area (Å²) < 4.78 is 24.8. The van der Waals surface area contributed by atoms with Gasteiger partial charge in [0.15, 0.2) is 6.10 Å². The summed E-state index contributed by atoms with van der Waals surface area (Å²) in [5.74, 6) is 0.107. The van der Waals surface area contributed by atoms with Gasteiger partial charge in [0.25, 0.3) is 0 Å². The maximum absolute atomic E-state index is 11.7. The average Bonchev–Trinajstić information content (AvgIpc) is 3.46. The van der Waals surface area contributed by atoms with Gasteiger partial charge in [-0.15, -0.1) is 0 Å². The van der Waals surface area contributed by atoms with Crippen LogP contribution in [-0.4, -0.2) is 111 Å². The van der Waals surface area contributed by atoms with Crippen LogP contribution in [0.1, 0.15) is 19.8 Å². The maximum atomic E-state index is 11.7. The number of ether oxygens (including phenoxy) is 4. The monoisotopic (exact) mass is 635 g/mol. The molecule has 0 bridgehead atoms. The molecule has 244 valence electrons. The van der Waals surface area contributed by atoms with Crippen molar-refractivity contribution in [2.45, 2.75) is 56.5 Å². The van der Waals surface area contributed by atoms with E-state index in [-0.39, 0.29) is 17.2 Å². The lowest BCUT2D eigenvalue weighted by Crippen LogP contribution is -2.61. The highest BCUT2D eigenvalue weighted by Crippen LogP contribution is 2.39. The van der Waals surface area contributed by atoms with Gasteiger partial charge >= 0.3 is 5.97 Å². The Labute approximate surface area is 263 Å². The third kappa shape index (κ3) is 5.61. The van der Waals surface area contributed by atoms with E-state index >= 15 is 0 Å². The van der Waals surface area contributed by atoms with E-state index in [0.29, 0.717) is 49.9 Å². The SMILES string of the molecule is CC1(COc2ccc3c(c2)ncn3-c2ccc3ccc(OC4OC(C(=O)O)C(O)C(O)C4O)c(N4CCC(N)CC4)c3n2)COC1. The first-order valence-corrected chi connectivity index (χ1v) is 15.3. The molecule has 0 saturated carbocycles. The van der Waals surface area contributed by atoms with Gasteiger partial charge in [-0.2, -0.15) is 0 Å². The lowest BCUT2D eigenvalue weighted by molar-refractivity contribution is -0.271. The fourth-order valence-corrected chi connectivity index (χ4v) is 6.13. The molecule has 5 heterocycles. The number of rotatable bonds is 8. The number of benzene rings is 2. The van der Waals surface area contributed by atoms with E-state index in [1.165, 1.54) is 0 Å². The number of piperidine rings is 1. The third-order valence-corrected chi connectivity index (χ3v) is 8.95. The highest BCUT2D eigenvalue weighted by atomic mass is 16.7. The number of aliphatic hydroxyl groups is 3. The third-order valence-electron chi connectivity index (χ3n) is 8.95. The number of pyridine rings is 1. The summed E-state index contributed by atoms with van der Waals surface area (Å²) in [6.07, 6.45) is -5.53. The first-order chi connectivity index (χ1) is 22.1. The number of fused-ring (bicyclic) bond motifs is 2. The van der Waals surface area contributed by atoms with Gasteiger partial charge in [-0.25, -0.2) is 14.8 Å². The van der Waals surface area contributed by atoms with E-state index in [4.69, 9.17) is 29.7 Å². The van der Waals surface area contributed by atoms with Crippen LogP contribution in [0.25, 0.3) is 27.8 Å². The highest BCUT2D eigenvalue weighted by Gasteiger charge is 2.48. The van der Waals surface area contributed by atoms with E-state index in [1.54, 1.807) is 18.5 Å². The van der Waals surface area contributed by atoms with Crippen LogP contribution >= 0.6 is 0 Å². The number of imidazole rings is 1. The van der Waals surface area contributed by atoms with Gasteiger partial charge in [0.2, 0.25) is 6.29 Å². The molecule has 2 aromatic heterocycles. The molecule has 0 amide bonds. The largest absolute Gasteiger partial charge is 0.493 e. The molecule has 46 heavy (non-hydrogen) atoms. The predicted molar refractivity (Wildman–Crippen MR) is 165 cm³/mol. The number of aliphatic hydroxyl groups excluding tert-OH is 3. The minimum atomic E-state index is -1.83. The molecule has 3 saturated heterocycles. The maximum Gasteiger partial charge on any atom is 0.335 e. The topological polar surface area (TPSA) is 195 Å². The van der Waals surface area contributed by atoms with Crippen LogP contribution in [0.15, 0.2) is 48.8 Å². The molecule has 3 aliphatic rings. The molecule has 14 nitrogen and oxygen atoms in total. The Morgan fingerprint density at radius 1 is 1.07 bits per heavy atom. The molecular formula is C32H37N5O9. The van der Waals surface area contributed by atoms with E-state index in [1.807, 2.05) is 34.9 Å². The summed E-state index contributed by atoms with van der Waals surface area (Å²) in [4.78, 5) is 23.5. The molecule has 3 fully saturated rings. The van der Waals surface area contributed by atoms with Gasteiger partial charge in [-0.3, -0.25) is 4.57 Å². The van der Waals surface area contributed by atoms with Gasteiger partial charge in [-0.05, 0) is 49.2 Å². The lowest BCUT2D eigenvalue weighted by atomic mass is 9.90. The van der Waals surface area contributed by atoms with E-state index in [2.05, 4.69) is 16.8 Å². The standard InChI is InChI=1S/C32H37N5O9/c1-32(13-43-14-32)15-44-19-4-5-21-20(12-19)34-16-37(21)23-7-3-17-2-6-22(25(24(17)35-23)36-10-8-18(33)9-11-36)45-31-28(40)26(38)27(39)29(46-31)30(41)42/h2-7,12,16,18,26-29,31,38-40H,8-11,13-15,33H2,1H3,(H,41,42). The highest BCUT2D eigenvalue weighted by molar-refractivity contribution is 5.95. The van der Waals surface area contributed by atoms with Crippen LogP contribution in [0.2, 0.25) is 0 Å². The summed E-state index contributed by atoms with van der Waals surface area (Å²) in [5.41, 5.74) is 9.02. The zero-order chi connectivity index (χ0) is 32.2. The second-order valence-electron chi connectivity index (χ2n) is 12.7. The van der Waals surface area contributed by atoms with Crippen LogP contribution in [0.4, 0.5) is 5.69 Å². The number of nitrogens with two attached hydrogens (primary N) is 1. The van der Waals surface area contributed by atoms with Crippen molar-refractivity contribution in [1.82, 2.24) is 14.5 Å². The summed E-state index contributed by atoms with van der Waals surface area (Å²) in [6.45, 7) is 5.26. The van der Waals surface area contributed by atoms with Crippen molar-refractivity contribution >= 4 is 33.6 Å². The molecule has 3 aliphatic heterocycles. The van der Waals surface area contributed by atoms with Gasteiger partial charge in [0, 0.05) is 36.0 Å². The Kier molecular flexibility index (Phi) is 7.95. The van der Waals surface area contributed by atoms with Gasteiger partial charge in [0.1, 0.15) is 47.6 Å². The molecule has 6 N–H and O–H groups in total. The number of aromatic nitrogens is 3. The molecule has 4 aromatic rings. The summed E-state index contributed by atoms with van der Waals surface area (Å²) >= 11 is 0. The van der Waals surface area contributed by atoms with E-state index in [0.717, 1.165) is 35.0 Å². The van der Waals surface area contributed by atoms with Crippen LogP contribution in [-0.2, 0) is 14.3 Å². The molecule has 14 heteroatoms. The number of carboxylic acid groups (broad SMARTS) is 1. The van der Waals surface area contributed by atoms with Crippen molar-refractivity contribution in [3.63, 3.8) is 0 Å². The van der Waals surface area contributed by atoms with Crippen LogP contribution in [0.5, 0.6) is 11.5 Å².